The molecule has 0 bridgehead atoms. The van der Waals surface area contributed by atoms with E-state index in [4.69, 9.17) is 9.26 Å². The van der Waals surface area contributed by atoms with Crippen molar-refractivity contribution in [1.82, 2.24) is 10.1 Å². The lowest BCUT2D eigenvalue weighted by atomic mass is 9.86. The van der Waals surface area contributed by atoms with Crippen LogP contribution >= 0.6 is 11.3 Å². The third-order valence-electron chi connectivity index (χ3n) is 4.29. The van der Waals surface area contributed by atoms with Gasteiger partial charge in [-0.05, 0) is 37.1 Å². The van der Waals surface area contributed by atoms with Crippen LogP contribution in [0.4, 0.5) is 0 Å². The quantitative estimate of drug-likeness (QED) is 0.795. The van der Waals surface area contributed by atoms with Crippen LogP contribution in [0.25, 0.3) is 11.4 Å². The number of nitrogens with zero attached hydrogens (tertiary/aromatic N) is 2. The first-order valence-corrected chi connectivity index (χ1v) is 7.79. The summed E-state index contributed by atoms with van der Waals surface area (Å²) < 4.78 is 11.0. The average Bonchev–Trinajstić information content (AvgIpc) is 3.18. The average molecular weight is 290 g/mol. The minimum Gasteiger partial charge on any atom is -0.458 e. The SMILES string of the molecule is O=C1C[C@H](c2nc(-c3ccsc3)no2)C2(CCCC2)O1. The van der Waals surface area contributed by atoms with Gasteiger partial charge in [0.05, 0.1) is 12.3 Å². The summed E-state index contributed by atoms with van der Waals surface area (Å²) >= 11 is 1.59. The molecule has 0 aromatic carbocycles. The lowest BCUT2D eigenvalue weighted by Crippen LogP contribution is -2.30. The van der Waals surface area contributed by atoms with E-state index in [1.165, 1.54) is 0 Å². The summed E-state index contributed by atoms with van der Waals surface area (Å²) in [4.78, 5) is 16.2. The fourth-order valence-corrected chi connectivity index (χ4v) is 3.95. The molecule has 20 heavy (non-hydrogen) atoms. The zero-order valence-corrected chi connectivity index (χ0v) is 11.7. The molecule has 2 aromatic rings. The molecule has 4 rings (SSSR count). The highest BCUT2D eigenvalue weighted by molar-refractivity contribution is 7.08. The third kappa shape index (κ3) is 1.78. The van der Waals surface area contributed by atoms with Gasteiger partial charge in [0.1, 0.15) is 5.60 Å². The molecule has 2 aliphatic rings. The Morgan fingerprint density at radius 1 is 1.35 bits per heavy atom. The Kier molecular flexibility index (Phi) is 2.66. The monoisotopic (exact) mass is 290 g/mol. The highest BCUT2D eigenvalue weighted by Gasteiger charge is 2.53. The Hall–Kier alpha value is -1.69. The number of rotatable bonds is 2. The third-order valence-corrected chi connectivity index (χ3v) is 4.98. The molecule has 5 nitrogen and oxygen atoms in total. The van der Waals surface area contributed by atoms with E-state index in [1.54, 1.807) is 11.3 Å². The summed E-state index contributed by atoms with van der Waals surface area (Å²) in [6.45, 7) is 0. The summed E-state index contributed by atoms with van der Waals surface area (Å²) in [5.41, 5.74) is 0.561. The van der Waals surface area contributed by atoms with E-state index in [1.807, 2.05) is 16.8 Å². The molecule has 2 aromatic heterocycles. The lowest BCUT2D eigenvalue weighted by Gasteiger charge is -2.26. The largest absolute Gasteiger partial charge is 0.458 e. The summed E-state index contributed by atoms with van der Waals surface area (Å²) in [6, 6.07) is 1.96. The first kappa shape index (κ1) is 12.1. The number of ether oxygens (including phenoxy) is 1. The van der Waals surface area contributed by atoms with Crippen LogP contribution in [0.3, 0.4) is 0 Å². The van der Waals surface area contributed by atoms with Crippen LogP contribution in [-0.4, -0.2) is 21.7 Å². The van der Waals surface area contributed by atoms with Crippen molar-refractivity contribution in [1.29, 1.82) is 0 Å². The van der Waals surface area contributed by atoms with E-state index in [9.17, 15) is 4.79 Å². The van der Waals surface area contributed by atoms with Crippen LogP contribution < -0.4 is 0 Å². The minimum atomic E-state index is -0.393. The first-order chi connectivity index (χ1) is 9.77. The van der Waals surface area contributed by atoms with Gasteiger partial charge in [0, 0.05) is 10.9 Å². The van der Waals surface area contributed by atoms with Gasteiger partial charge in [-0.15, -0.1) is 0 Å². The van der Waals surface area contributed by atoms with Crippen molar-refractivity contribution in [3.63, 3.8) is 0 Å². The molecule has 3 heterocycles. The first-order valence-electron chi connectivity index (χ1n) is 6.85. The van der Waals surface area contributed by atoms with Crippen LogP contribution in [0.2, 0.25) is 0 Å². The van der Waals surface area contributed by atoms with Crippen LogP contribution in [0.15, 0.2) is 21.3 Å². The fourth-order valence-electron chi connectivity index (χ4n) is 3.31. The van der Waals surface area contributed by atoms with Gasteiger partial charge < -0.3 is 9.26 Å². The van der Waals surface area contributed by atoms with E-state index in [0.29, 0.717) is 18.1 Å². The second kappa shape index (κ2) is 4.41. The van der Waals surface area contributed by atoms with E-state index < -0.39 is 5.60 Å². The van der Waals surface area contributed by atoms with Crippen molar-refractivity contribution < 1.29 is 14.1 Å². The van der Waals surface area contributed by atoms with Crippen molar-refractivity contribution >= 4 is 17.3 Å². The number of hydrogen-bond acceptors (Lipinski definition) is 6. The molecule has 1 atom stereocenters. The maximum absolute atomic E-state index is 11.7. The van der Waals surface area contributed by atoms with Crippen LogP contribution in [0, 0.1) is 0 Å². The second-order valence-electron chi connectivity index (χ2n) is 5.47. The molecular weight excluding hydrogens is 276 g/mol. The molecule has 0 N–H and O–H groups in total. The van der Waals surface area contributed by atoms with Crippen molar-refractivity contribution in [3.8, 4) is 11.4 Å². The van der Waals surface area contributed by atoms with E-state index in [0.717, 1.165) is 31.2 Å². The van der Waals surface area contributed by atoms with Gasteiger partial charge in [-0.25, -0.2) is 0 Å². The summed E-state index contributed by atoms with van der Waals surface area (Å²) in [7, 11) is 0. The van der Waals surface area contributed by atoms with Gasteiger partial charge in [-0.2, -0.15) is 16.3 Å². The standard InChI is InChI=1S/C14H14N2O3S/c17-11-7-10(14(18-11)4-1-2-5-14)13-15-12(16-19-13)9-3-6-20-8-9/h3,6,8,10H,1-2,4-5,7H2/t10-/m1/s1. The normalized spacial score (nSPS) is 24.4. The molecule has 0 radical (unpaired) electrons. The number of hydrogen-bond donors (Lipinski definition) is 0. The lowest BCUT2D eigenvalue weighted by molar-refractivity contribution is -0.148. The Morgan fingerprint density at radius 3 is 2.95 bits per heavy atom. The van der Waals surface area contributed by atoms with E-state index in [-0.39, 0.29) is 11.9 Å². The van der Waals surface area contributed by atoms with Gasteiger partial charge >= 0.3 is 5.97 Å². The van der Waals surface area contributed by atoms with Crippen molar-refractivity contribution in [2.45, 2.75) is 43.6 Å². The predicted octanol–water partition coefficient (Wildman–Crippen LogP) is 3.14. The number of esters is 1. The molecule has 1 saturated heterocycles. The molecule has 6 heteroatoms. The van der Waals surface area contributed by atoms with Gasteiger partial charge in [0.25, 0.3) is 0 Å². The van der Waals surface area contributed by atoms with Crippen LogP contribution in [0.1, 0.15) is 43.9 Å². The zero-order valence-electron chi connectivity index (χ0n) is 10.9. The minimum absolute atomic E-state index is 0.0858. The Bertz CT molecular complexity index is 629. The van der Waals surface area contributed by atoms with Gasteiger partial charge in [-0.3, -0.25) is 4.79 Å². The molecule has 1 aliphatic carbocycles. The highest BCUT2D eigenvalue weighted by atomic mass is 32.1. The maximum Gasteiger partial charge on any atom is 0.307 e. The van der Waals surface area contributed by atoms with Gasteiger partial charge in [0.15, 0.2) is 0 Å². The van der Waals surface area contributed by atoms with E-state index >= 15 is 0 Å². The Morgan fingerprint density at radius 2 is 2.20 bits per heavy atom. The number of carbonyl (C=O) groups excluding carboxylic acids is 1. The predicted molar refractivity (Wildman–Crippen MR) is 72.3 cm³/mol. The van der Waals surface area contributed by atoms with Crippen molar-refractivity contribution in [3.05, 3.63) is 22.7 Å². The summed E-state index contributed by atoms with van der Waals surface area (Å²) in [5.74, 6) is 0.900. The molecular formula is C14H14N2O3S. The maximum atomic E-state index is 11.7. The number of carbonyl (C=O) groups is 1. The molecule has 2 fully saturated rings. The molecule has 104 valence electrons. The smallest absolute Gasteiger partial charge is 0.307 e. The fraction of sp³-hybridized carbons (Fsp3) is 0.500. The number of thiophene rings is 1. The highest BCUT2D eigenvalue weighted by Crippen LogP contribution is 2.50. The van der Waals surface area contributed by atoms with Crippen molar-refractivity contribution in [2.24, 2.45) is 0 Å². The zero-order chi connectivity index (χ0) is 13.6. The molecule has 1 spiro atoms. The molecule has 1 aliphatic heterocycles. The number of aromatic nitrogens is 2. The Balaban J connectivity index is 1.68. The Labute approximate surface area is 119 Å². The topological polar surface area (TPSA) is 65.2 Å². The second-order valence-corrected chi connectivity index (χ2v) is 6.25. The van der Waals surface area contributed by atoms with E-state index in [2.05, 4.69) is 10.1 Å². The van der Waals surface area contributed by atoms with Gasteiger partial charge in [0.2, 0.25) is 11.7 Å². The molecule has 0 amide bonds. The van der Waals surface area contributed by atoms with Crippen LogP contribution in [-0.2, 0) is 9.53 Å². The van der Waals surface area contributed by atoms with Gasteiger partial charge in [-0.1, -0.05) is 5.16 Å². The molecule has 1 saturated carbocycles. The van der Waals surface area contributed by atoms with Crippen molar-refractivity contribution in [2.75, 3.05) is 0 Å². The summed E-state index contributed by atoms with van der Waals surface area (Å²) in [6.07, 6.45) is 4.34. The van der Waals surface area contributed by atoms with Crippen LogP contribution in [0.5, 0.6) is 0 Å². The summed E-state index contributed by atoms with van der Waals surface area (Å²) in [5, 5.41) is 8.00. The molecule has 0 unspecified atom stereocenters.